The molecule has 0 amide bonds. The summed E-state index contributed by atoms with van der Waals surface area (Å²) < 4.78 is 0. The minimum Gasteiger partial charge on any atom is -0.481 e. The quantitative estimate of drug-likeness (QED) is 0.829. The molecular weight excluding hydrogens is 218 g/mol. The fourth-order valence-corrected chi connectivity index (χ4v) is 1.61. The van der Waals surface area contributed by atoms with E-state index >= 15 is 0 Å². The number of anilines is 1. The number of nitrogens with zero attached hydrogens (tertiary/aromatic N) is 2. The molecule has 5 nitrogen and oxygen atoms in total. The van der Waals surface area contributed by atoms with Crippen LogP contribution in [0, 0.1) is 0 Å². The first-order valence-corrected chi connectivity index (χ1v) is 5.03. The van der Waals surface area contributed by atoms with E-state index in [2.05, 4.69) is 9.97 Å². The van der Waals surface area contributed by atoms with Crippen molar-refractivity contribution >= 4 is 11.8 Å². The summed E-state index contributed by atoms with van der Waals surface area (Å²) in [6, 6.07) is 5.22. The summed E-state index contributed by atoms with van der Waals surface area (Å²) in [6.45, 7) is 0. The van der Waals surface area contributed by atoms with E-state index in [1.165, 1.54) is 0 Å². The zero-order chi connectivity index (χ0) is 12.3. The lowest BCUT2D eigenvalue weighted by Gasteiger charge is -2.07. The van der Waals surface area contributed by atoms with Gasteiger partial charge in [-0.1, -0.05) is 6.07 Å². The molecule has 0 saturated heterocycles. The highest BCUT2D eigenvalue weighted by atomic mass is 16.4. The van der Waals surface area contributed by atoms with Gasteiger partial charge in [-0.15, -0.1) is 0 Å². The van der Waals surface area contributed by atoms with Crippen molar-refractivity contribution in [3.05, 3.63) is 42.4 Å². The van der Waals surface area contributed by atoms with Crippen molar-refractivity contribution in [3.63, 3.8) is 0 Å². The van der Waals surface area contributed by atoms with Crippen molar-refractivity contribution in [1.82, 2.24) is 9.97 Å². The molecule has 0 aliphatic rings. The van der Waals surface area contributed by atoms with Crippen LogP contribution in [0.3, 0.4) is 0 Å². The average molecular weight is 229 g/mol. The smallest absolute Gasteiger partial charge is 0.307 e. The minimum atomic E-state index is -0.902. The Morgan fingerprint density at radius 2 is 2.24 bits per heavy atom. The molecule has 2 rings (SSSR count). The zero-order valence-corrected chi connectivity index (χ0v) is 9.00. The highest BCUT2D eigenvalue weighted by Gasteiger charge is 2.10. The number of nitrogen functional groups attached to an aromatic ring is 1. The van der Waals surface area contributed by atoms with Crippen molar-refractivity contribution in [2.24, 2.45) is 0 Å². The predicted octanol–water partition coefficient (Wildman–Crippen LogP) is 1.35. The topological polar surface area (TPSA) is 89.1 Å². The average Bonchev–Trinajstić information content (AvgIpc) is 2.29. The van der Waals surface area contributed by atoms with Crippen molar-refractivity contribution < 1.29 is 9.90 Å². The molecule has 2 aromatic rings. The number of nitrogens with two attached hydrogens (primary N) is 1. The molecule has 2 aromatic heterocycles. The molecule has 86 valence electrons. The summed E-state index contributed by atoms with van der Waals surface area (Å²) in [5, 5.41) is 8.85. The van der Waals surface area contributed by atoms with E-state index in [-0.39, 0.29) is 6.42 Å². The SMILES string of the molecule is Nc1cc(CC(=O)O)c(-c2cccnc2)cn1. The molecule has 0 aromatic carbocycles. The standard InChI is InChI=1S/C12H11N3O2/c13-11-4-9(5-12(16)17)10(7-15-11)8-2-1-3-14-6-8/h1-4,6-7H,5H2,(H2,13,15)(H,16,17). The maximum absolute atomic E-state index is 10.8. The van der Waals surface area contributed by atoms with Crippen LogP contribution in [0.25, 0.3) is 11.1 Å². The maximum Gasteiger partial charge on any atom is 0.307 e. The highest BCUT2D eigenvalue weighted by Crippen LogP contribution is 2.23. The number of aromatic nitrogens is 2. The van der Waals surface area contributed by atoms with Gasteiger partial charge in [0.15, 0.2) is 0 Å². The number of carbonyl (C=O) groups is 1. The van der Waals surface area contributed by atoms with Gasteiger partial charge < -0.3 is 10.8 Å². The Kier molecular flexibility index (Phi) is 3.00. The molecule has 3 N–H and O–H groups in total. The van der Waals surface area contributed by atoms with Gasteiger partial charge in [-0.2, -0.15) is 0 Å². The Balaban J connectivity index is 2.50. The van der Waals surface area contributed by atoms with Crippen molar-refractivity contribution in [2.75, 3.05) is 5.73 Å². The van der Waals surface area contributed by atoms with E-state index in [0.29, 0.717) is 11.4 Å². The van der Waals surface area contributed by atoms with E-state index in [1.54, 1.807) is 30.7 Å². The fourth-order valence-electron chi connectivity index (χ4n) is 1.61. The van der Waals surface area contributed by atoms with E-state index in [0.717, 1.165) is 11.1 Å². The summed E-state index contributed by atoms with van der Waals surface area (Å²) in [7, 11) is 0. The van der Waals surface area contributed by atoms with Crippen LogP contribution in [0.15, 0.2) is 36.8 Å². The second-order valence-electron chi connectivity index (χ2n) is 3.58. The molecule has 17 heavy (non-hydrogen) atoms. The number of hydrogen-bond donors (Lipinski definition) is 2. The first-order chi connectivity index (χ1) is 8.16. The Bertz CT molecular complexity index is 541. The second-order valence-corrected chi connectivity index (χ2v) is 3.58. The largest absolute Gasteiger partial charge is 0.481 e. The van der Waals surface area contributed by atoms with Crippen LogP contribution < -0.4 is 5.73 Å². The molecular formula is C12H11N3O2. The van der Waals surface area contributed by atoms with Crippen LogP contribution in [-0.4, -0.2) is 21.0 Å². The monoisotopic (exact) mass is 229 g/mol. The first-order valence-electron chi connectivity index (χ1n) is 5.03. The normalized spacial score (nSPS) is 10.1. The van der Waals surface area contributed by atoms with Gasteiger partial charge >= 0.3 is 5.97 Å². The summed E-state index contributed by atoms with van der Waals surface area (Å²) in [4.78, 5) is 18.8. The number of pyridine rings is 2. The number of aliphatic carboxylic acids is 1. The Morgan fingerprint density at radius 1 is 1.41 bits per heavy atom. The van der Waals surface area contributed by atoms with Gasteiger partial charge in [-0.05, 0) is 17.7 Å². The van der Waals surface area contributed by atoms with E-state index in [9.17, 15) is 4.79 Å². The highest BCUT2D eigenvalue weighted by molar-refractivity contribution is 5.76. The molecule has 0 radical (unpaired) electrons. The molecule has 0 unspecified atom stereocenters. The summed E-state index contributed by atoms with van der Waals surface area (Å²) in [5.74, 6) is -0.588. The van der Waals surface area contributed by atoms with Gasteiger partial charge in [0.2, 0.25) is 0 Å². The number of carboxylic acids is 1. The predicted molar refractivity (Wildman–Crippen MR) is 63.2 cm³/mol. The van der Waals surface area contributed by atoms with Crippen LogP contribution in [0.5, 0.6) is 0 Å². The van der Waals surface area contributed by atoms with Gasteiger partial charge in [0, 0.05) is 29.7 Å². The summed E-state index contributed by atoms with van der Waals surface area (Å²) >= 11 is 0. The van der Waals surface area contributed by atoms with Crippen LogP contribution in [0.2, 0.25) is 0 Å². The van der Waals surface area contributed by atoms with Crippen LogP contribution in [0.4, 0.5) is 5.82 Å². The molecule has 0 saturated carbocycles. The van der Waals surface area contributed by atoms with Gasteiger partial charge in [0.1, 0.15) is 5.82 Å². The maximum atomic E-state index is 10.8. The van der Waals surface area contributed by atoms with Crippen LogP contribution >= 0.6 is 0 Å². The Hall–Kier alpha value is -2.43. The minimum absolute atomic E-state index is 0.0864. The molecule has 0 bridgehead atoms. The van der Waals surface area contributed by atoms with E-state index < -0.39 is 5.97 Å². The van der Waals surface area contributed by atoms with Crippen molar-refractivity contribution in [3.8, 4) is 11.1 Å². The lowest BCUT2D eigenvalue weighted by atomic mass is 10.0. The Labute approximate surface area is 98.0 Å². The van der Waals surface area contributed by atoms with Gasteiger partial charge in [0.05, 0.1) is 6.42 Å². The van der Waals surface area contributed by atoms with E-state index in [4.69, 9.17) is 10.8 Å². The van der Waals surface area contributed by atoms with E-state index in [1.807, 2.05) is 6.07 Å². The van der Waals surface area contributed by atoms with Gasteiger partial charge in [-0.25, -0.2) is 4.98 Å². The summed E-state index contributed by atoms with van der Waals surface area (Å²) in [6.07, 6.45) is 4.81. The number of carboxylic acid groups (broad SMARTS) is 1. The van der Waals surface area contributed by atoms with Crippen LogP contribution in [0.1, 0.15) is 5.56 Å². The van der Waals surface area contributed by atoms with Gasteiger partial charge in [0.25, 0.3) is 0 Å². The Morgan fingerprint density at radius 3 is 2.88 bits per heavy atom. The molecule has 0 atom stereocenters. The van der Waals surface area contributed by atoms with Crippen LogP contribution in [-0.2, 0) is 11.2 Å². The molecule has 2 heterocycles. The first kappa shape index (κ1) is 11.1. The lowest BCUT2D eigenvalue weighted by Crippen LogP contribution is -2.04. The summed E-state index contributed by atoms with van der Waals surface area (Å²) in [5.41, 5.74) is 7.77. The number of rotatable bonds is 3. The fraction of sp³-hybridized carbons (Fsp3) is 0.0833. The third-order valence-corrected chi connectivity index (χ3v) is 2.33. The molecule has 0 aliphatic carbocycles. The third kappa shape index (κ3) is 2.57. The third-order valence-electron chi connectivity index (χ3n) is 2.33. The van der Waals surface area contributed by atoms with Crippen molar-refractivity contribution in [2.45, 2.75) is 6.42 Å². The molecule has 0 fully saturated rings. The molecule has 5 heteroatoms. The zero-order valence-electron chi connectivity index (χ0n) is 9.00. The number of hydrogen-bond acceptors (Lipinski definition) is 4. The molecule has 0 spiro atoms. The van der Waals surface area contributed by atoms with Gasteiger partial charge in [-0.3, -0.25) is 9.78 Å². The second kappa shape index (κ2) is 4.61. The van der Waals surface area contributed by atoms with Crippen molar-refractivity contribution in [1.29, 1.82) is 0 Å². The molecule has 0 aliphatic heterocycles. The lowest BCUT2D eigenvalue weighted by molar-refractivity contribution is -0.136.